The van der Waals surface area contributed by atoms with E-state index in [1.54, 1.807) is 6.20 Å². The van der Waals surface area contributed by atoms with Gasteiger partial charge in [0.2, 0.25) is 0 Å². The highest BCUT2D eigenvalue weighted by Crippen LogP contribution is 2.25. The number of nitrogens with zero attached hydrogens (tertiary/aromatic N) is 1. The van der Waals surface area contributed by atoms with Gasteiger partial charge < -0.3 is 10.1 Å². The van der Waals surface area contributed by atoms with Crippen LogP contribution in [0.15, 0.2) is 11.6 Å². The van der Waals surface area contributed by atoms with Gasteiger partial charge in [0.05, 0.1) is 12.7 Å². The van der Waals surface area contributed by atoms with Crippen LogP contribution in [0.2, 0.25) is 0 Å². The molecule has 0 bridgehead atoms. The molecule has 0 aliphatic heterocycles. The maximum atomic E-state index is 11.5. The highest BCUT2D eigenvalue weighted by Gasteiger charge is 2.21. The predicted octanol–water partition coefficient (Wildman–Crippen LogP) is 2.86. The summed E-state index contributed by atoms with van der Waals surface area (Å²) in [5, 5.41) is 7.87. The fraction of sp³-hybridized carbons (Fsp3) is 0.692. The summed E-state index contributed by atoms with van der Waals surface area (Å²) in [7, 11) is 0. The van der Waals surface area contributed by atoms with Crippen LogP contribution in [0.5, 0.6) is 0 Å². The van der Waals surface area contributed by atoms with Crippen LogP contribution >= 0.6 is 11.3 Å². The second kappa shape index (κ2) is 7.45. The largest absolute Gasteiger partial charge is 0.376 e. The third kappa shape index (κ3) is 4.80. The first-order valence-electron chi connectivity index (χ1n) is 6.81. The van der Waals surface area contributed by atoms with Gasteiger partial charge in [-0.25, -0.2) is 9.78 Å². The molecule has 1 aliphatic rings. The Balaban J connectivity index is 1.57. The quantitative estimate of drug-likeness (QED) is 0.817. The van der Waals surface area contributed by atoms with Gasteiger partial charge in [0, 0.05) is 18.1 Å². The van der Waals surface area contributed by atoms with E-state index in [0.29, 0.717) is 30.3 Å². The number of urea groups is 1. The van der Waals surface area contributed by atoms with E-state index in [1.165, 1.54) is 30.6 Å². The number of carbonyl (C=O) groups is 1. The van der Waals surface area contributed by atoms with Crippen molar-refractivity contribution in [2.75, 3.05) is 18.5 Å². The van der Waals surface area contributed by atoms with Gasteiger partial charge in [-0.05, 0) is 18.8 Å². The molecule has 0 unspecified atom stereocenters. The summed E-state index contributed by atoms with van der Waals surface area (Å²) < 4.78 is 5.83. The van der Waals surface area contributed by atoms with Gasteiger partial charge >= 0.3 is 6.03 Å². The summed E-state index contributed by atoms with van der Waals surface area (Å²) in [6.45, 7) is 3.34. The van der Waals surface area contributed by atoms with Crippen molar-refractivity contribution in [3.63, 3.8) is 0 Å². The predicted molar refractivity (Wildman–Crippen MR) is 76.5 cm³/mol. The molecule has 2 rings (SSSR count). The van der Waals surface area contributed by atoms with E-state index >= 15 is 0 Å². The summed E-state index contributed by atoms with van der Waals surface area (Å²) in [5.41, 5.74) is 0. The number of hydrogen-bond acceptors (Lipinski definition) is 4. The topological polar surface area (TPSA) is 63.2 Å². The molecule has 1 heterocycles. The van der Waals surface area contributed by atoms with Gasteiger partial charge in [-0.1, -0.05) is 19.8 Å². The summed E-state index contributed by atoms with van der Waals surface area (Å²) in [6.07, 6.45) is 6.99. The molecule has 1 saturated carbocycles. The number of aromatic nitrogens is 1. The zero-order valence-corrected chi connectivity index (χ0v) is 12.0. The molecule has 1 aromatic heterocycles. The second-order valence-corrected chi connectivity index (χ2v) is 5.78. The normalized spacial score (nSPS) is 23.0. The average molecular weight is 283 g/mol. The monoisotopic (exact) mass is 283 g/mol. The zero-order chi connectivity index (χ0) is 13.5. The molecule has 0 spiro atoms. The third-order valence-corrected chi connectivity index (χ3v) is 4.09. The van der Waals surface area contributed by atoms with Gasteiger partial charge in [0.1, 0.15) is 0 Å². The van der Waals surface area contributed by atoms with E-state index in [2.05, 4.69) is 22.5 Å². The van der Waals surface area contributed by atoms with Crippen LogP contribution in [-0.2, 0) is 4.74 Å². The Morgan fingerprint density at radius 2 is 2.37 bits per heavy atom. The summed E-state index contributed by atoms with van der Waals surface area (Å²) >= 11 is 1.40. The number of thiazole rings is 1. The maximum absolute atomic E-state index is 11.5. The van der Waals surface area contributed by atoms with Crippen LogP contribution in [0.4, 0.5) is 9.93 Å². The lowest BCUT2D eigenvalue weighted by Gasteiger charge is -2.28. The fourth-order valence-electron chi connectivity index (χ4n) is 2.33. The fourth-order valence-corrected chi connectivity index (χ4v) is 2.86. The van der Waals surface area contributed by atoms with Crippen molar-refractivity contribution in [2.24, 2.45) is 5.92 Å². The number of nitrogens with one attached hydrogen (secondary N) is 2. The first kappa shape index (κ1) is 14.3. The standard InChI is InChI=1S/C13H21N3O2S/c1-10-4-2-3-5-11(10)18-8-6-14-12(17)16-13-15-7-9-19-13/h7,9-11H,2-6,8H2,1H3,(H2,14,15,16,17)/t10-,11+/m0/s1. The van der Waals surface area contributed by atoms with Crippen molar-refractivity contribution < 1.29 is 9.53 Å². The summed E-state index contributed by atoms with van der Waals surface area (Å²) in [5.74, 6) is 0.637. The molecule has 2 amide bonds. The van der Waals surface area contributed by atoms with Crippen molar-refractivity contribution in [3.05, 3.63) is 11.6 Å². The van der Waals surface area contributed by atoms with Gasteiger partial charge in [0.25, 0.3) is 0 Å². The molecule has 1 fully saturated rings. The molecule has 1 aromatic rings. The van der Waals surface area contributed by atoms with Crippen molar-refractivity contribution in [3.8, 4) is 0 Å². The molecular formula is C13H21N3O2S. The Bertz CT molecular complexity index is 383. The molecule has 2 N–H and O–H groups in total. The minimum atomic E-state index is -0.227. The number of anilines is 1. The molecule has 5 nitrogen and oxygen atoms in total. The number of amides is 2. The molecule has 0 saturated heterocycles. The van der Waals surface area contributed by atoms with Crippen molar-refractivity contribution in [1.82, 2.24) is 10.3 Å². The molecular weight excluding hydrogens is 262 g/mol. The smallest absolute Gasteiger partial charge is 0.321 e. The van der Waals surface area contributed by atoms with Crippen LogP contribution in [0.3, 0.4) is 0 Å². The van der Waals surface area contributed by atoms with E-state index in [4.69, 9.17) is 4.74 Å². The minimum Gasteiger partial charge on any atom is -0.376 e. The first-order chi connectivity index (χ1) is 9.25. The van der Waals surface area contributed by atoms with Crippen LogP contribution in [0, 0.1) is 5.92 Å². The highest BCUT2D eigenvalue weighted by atomic mass is 32.1. The molecule has 0 radical (unpaired) electrons. The minimum absolute atomic E-state index is 0.227. The van der Waals surface area contributed by atoms with E-state index in [0.717, 1.165) is 6.42 Å². The Morgan fingerprint density at radius 1 is 1.53 bits per heavy atom. The van der Waals surface area contributed by atoms with E-state index < -0.39 is 0 Å². The summed E-state index contributed by atoms with van der Waals surface area (Å²) in [4.78, 5) is 15.5. The molecule has 6 heteroatoms. The average Bonchev–Trinajstić information content (AvgIpc) is 2.89. The van der Waals surface area contributed by atoms with Crippen molar-refractivity contribution >= 4 is 22.5 Å². The van der Waals surface area contributed by atoms with Gasteiger partial charge in [-0.15, -0.1) is 11.3 Å². The van der Waals surface area contributed by atoms with Crippen molar-refractivity contribution in [1.29, 1.82) is 0 Å². The van der Waals surface area contributed by atoms with Gasteiger partial charge in [0.15, 0.2) is 5.13 Å². The lowest BCUT2D eigenvalue weighted by atomic mass is 9.88. The first-order valence-corrected chi connectivity index (χ1v) is 7.69. The molecule has 106 valence electrons. The lowest BCUT2D eigenvalue weighted by molar-refractivity contribution is -0.00232. The van der Waals surface area contributed by atoms with Crippen LogP contribution in [-0.4, -0.2) is 30.3 Å². The Morgan fingerprint density at radius 3 is 3.11 bits per heavy atom. The van der Waals surface area contributed by atoms with E-state index in [1.807, 2.05) is 5.38 Å². The zero-order valence-electron chi connectivity index (χ0n) is 11.2. The third-order valence-electron chi connectivity index (χ3n) is 3.41. The molecule has 2 atom stereocenters. The van der Waals surface area contributed by atoms with Crippen LogP contribution in [0.1, 0.15) is 32.6 Å². The SMILES string of the molecule is C[C@H]1CCCC[C@H]1OCCNC(=O)Nc1nccs1. The number of hydrogen-bond donors (Lipinski definition) is 2. The van der Waals surface area contributed by atoms with Crippen molar-refractivity contribution in [2.45, 2.75) is 38.7 Å². The molecule has 1 aliphatic carbocycles. The lowest BCUT2D eigenvalue weighted by Crippen LogP contribution is -2.34. The van der Waals surface area contributed by atoms with E-state index in [-0.39, 0.29) is 6.03 Å². The number of ether oxygens (including phenoxy) is 1. The number of rotatable bonds is 5. The number of carbonyl (C=O) groups excluding carboxylic acids is 1. The van der Waals surface area contributed by atoms with E-state index in [9.17, 15) is 4.79 Å². The van der Waals surface area contributed by atoms with Gasteiger partial charge in [-0.2, -0.15) is 0 Å². The summed E-state index contributed by atoms with van der Waals surface area (Å²) in [6, 6.07) is -0.227. The molecule has 0 aromatic carbocycles. The Kier molecular flexibility index (Phi) is 5.60. The Labute approximate surface area is 117 Å². The van der Waals surface area contributed by atoms with Crippen LogP contribution < -0.4 is 10.6 Å². The second-order valence-electron chi connectivity index (χ2n) is 4.89. The Hall–Kier alpha value is -1.14. The molecule has 19 heavy (non-hydrogen) atoms. The highest BCUT2D eigenvalue weighted by molar-refractivity contribution is 7.13. The van der Waals surface area contributed by atoms with Crippen LogP contribution in [0.25, 0.3) is 0 Å². The maximum Gasteiger partial charge on any atom is 0.321 e. The van der Waals surface area contributed by atoms with Gasteiger partial charge in [-0.3, -0.25) is 5.32 Å².